The number of carbonyl (C=O) groups is 1. The molecule has 2 aromatic rings. The molecule has 2 aromatic heterocycles. The summed E-state index contributed by atoms with van der Waals surface area (Å²) in [4.78, 5) is 16.0. The second-order valence-corrected chi connectivity index (χ2v) is 4.45. The Kier molecular flexibility index (Phi) is 5.15. The Balaban J connectivity index is 1.96. The zero-order valence-corrected chi connectivity index (χ0v) is 12.0. The van der Waals surface area contributed by atoms with Crippen molar-refractivity contribution in [2.45, 2.75) is 25.9 Å². The number of carbonyl (C=O) groups excluding carboxylic acids is 1. The quantitative estimate of drug-likeness (QED) is 0.828. The van der Waals surface area contributed by atoms with E-state index in [1.807, 2.05) is 0 Å². The lowest BCUT2D eigenvalue weighted by molar-refractivity contribution is 0.0559. The summed E-state index contributed by atoms with van der Waals surface area (Å²) in [5, 5.41) is 9.77. The Morgan fingerprint density at radius 3 is 2.95 bits per heavy atom. The van der Waals surface area contributed by atoms with Crippen molar-refractivity contribution in [3.05, 3.63) is 29.7 Å². The molecule has 120 valence electrons. The van der Waals surface area contributed by atoms with Crippen LogP contribution in [0.2, 0.25) is 0 Å². The Morgan fingerprint density at radius 1 is 1.55 bits per heavy atom. The summed E-state index contributed by atoms with van der Waals surface area (Å²) >= 11 is 0. The molecule has 0 aliphatic rings. The van der Waals surface area contributed by atoms with Crippen molar-refractivity contribution in [3.8, 4) is 0 Å². The number of alkyl halides is 2. The van der Waals surface area contributed by atoms with Crippen LogP contribution in [0, 0.1) is 0 Å². The number of hydrogen-bond acceptors (Lipinski definition) is 6. The highest BCUT2D eigenvalue weighted by Crippen LogP contribution is 2.12. The van der Waals surface area contributed by atoms with Crippen LogP contribution in [-0.2, 0) is 11.2 Å². The van der Waals surface area contributed by atoms with Gasteiger partial charge in [0.05, 0.1) is 6.61 Å². The summed E-state index contributed by atoms with van der Waals surface area (Å²) in [6.07, 6.45) is 1.51. The summed E-state index contributed by atoms with van der Waals surface area (Å²) in [6, 6.07) is 0.625. The molecule has 2 heterocycles. The van der Waals surface area contributed by atoms with Gasteiger partial charge in [0.2, 0.25) is 5.89 Å². The van der Waals surface area contributed by atoms with Crippen molar-refractivity contribution in [2.75, 3.05) is 13.7 Å². The molecule has 22 heavy (non-hydrogen) atoms. The van der Waals surface area contributed by atoms with E-state index < -0.39 is 18.5 Å². The zero-order chi connectivity index (χ0) is 16.1. The molecule has 10 heteroatoms. The van der Waals surface area contributed by atoms with E-state index in [4.69, 9.17) is 9.26 Å². The molecule has 1 amide bonds. The van der Waals surface area contributed by atoms with E-state index in [0.29, 0.717) is 23.5 Å². The minimum atomic E-state index is -2.79. The smallest absolute Gasteiger partial charge is 0.333 e. The zero-order valence-electron chi connectivity index (χ0n) is 12.0. The van der Waals surface area contributed by atoms with E-state index in [1.165, 1.54) is 6.07 Å². The van der Waals surface area contributed by atoms with Crippen molar-refractivity contribution >= 4 is 5.91 Å². The number of ether oxygens (including phenoxy) is 1. The first-order chi connectivity index (χ1) is 10.5. The Bertz CT molecular complexity index is 628. The molecular weight excluding hydrogens is 300 g/mol. The maximum atomic E-state index is 12.4. The number of nitrogens with zero attached hydrogens (tertiary/aromatic N) is 4. The minimum Gasteiger partial charge on any atom is -0.384 e. The molecule has 0 fully saturated rings. The third-order valence-corrected chi connectivity index (χ3v) is 2.77. The van der Waals surface area contributed by atoms with Gasteiger partial charge in [-0.15, -0.1) is 0 Å². The maximum Gasteiger partial charge on any atom is 0.333 e. The van der Waals surface area contributed by atoms with E-state index in [1.54, 1.807) is 14.0 Å². The molecular formula is C12H15F2N5O3. The van der Waals surface area contributed by atoms with Gasteiger partial charge in [-0.1, -0.05) is 5.16 Å². The first kappa shape index (κ1) is 16.0. The molecule has 2 rings (SSSR count). The van der Waals surface area contributed by atoms with Crippen molar-refractivity contribution in [1.29, 1.82) is 0 Å². The van der Waals surface area contributed by atoms with Crippen LogP contribution in [0.4, 0.5) is 8.78 Å². The van der Waals surface area contributed by atoms with Crippen LogP contribution in [-0.4, -0.2) is 39.5 Å². The van der Waals surface area contributed by atoms with Gasteiger partial charge >= 0.3 is 6.55 Å². The summed E-state index contributed by atoms with van der Waals surface area (Å²) in [7, 11) is 1.56. The molecule has 0 spiro atoms. The Labute approximate surface area is 124 Å². The van der Waals surface area contributed by atoms with E-state index in [9.17, 15) is 13.6 Å². The maximum absolute atomic E-state index is 12.4. The van der Waals surface area contributed by atoms with Gasteiger partial charge in [0.15, 0.2) is 5.82 Å². The predicted octanol–water partition coefficient (Wildman–Crippen LogP) is 1.34. The van der Waals surface area contributed by atoms with Gasteiger partial charge in [-0.3, -0.25) is 4.79 Å². The fraction of sp³-hybridized carbons (Fsp3) is 0.500. The normalized spacial score (nSPS) is 12.6. The van der Waals surface area contributed by atoms with Gasteiger partial charge in [-0.05, 0) is 13.0 Å². The van der Waals surface area contributed by atoms with Crippen LogP contribution in [0.25, 0.3) is 0 Å². The van der Waals surface area contributed by atoms with Crippen LogP contribution in [0.3, 0.4) is 0 Å². The number of halogens is 2. The topological polar surface area (TPSA) is 95.1 Å². The highest BCUT2D eigenvalue weighted by atomic mass is 19.3. The van der Waals surface area contributed by atoms with Crippen molar-refractivity contribution < 1.29 is 22.8 Å². The molecule has 0 aliphatic heterocycles. The van der Waals surface area contributed by atoms with Crippen molar-refractivity contribution in [1.82, 2.24) is 25.2 Å². The van der Waals surface area contributed by atoms with Crippen LogP contribution in [0.5, 0.6) is 0 Å². The fourth-order valence-electron chi connectivity index (χ4n) is 1.64. The molecule has 1 unspecified atom stereocenters. The molecule has 8 nitrogen and oxygen atoms in total. The molecule has 0 aliphatic carbocycles. The summed E-state index contributed by atoms with van der Waals surface area (Å²) in [5.74, 6) is 0.0659. The number of nitrogens with one attached hydrogen (secondary N) is 1. The summed E-state index contributed by atoms with van der Waals surface area (Å²) in [6.45, 7) is -0.710. The fourth-order valence-corrected chi connectivity index (χ4v) is 1.64. The number of hydrogen-bond donors (Lipinski definition) is 1. The Morgan fingerprint density at radius 2 is 2.32 bits per heavy atom. The highest BCUT2D eigenvalue weighted by molar-refractivity contribution is 5.92. The minimum absolute atomic E-state index is 0.119. The largest absolute Gasteiger partial charge is 0.384 e. The summed E-state index contributed by atoms with van der Waals surface area (Å²) < 4.78 is 35.1. The molecule has 0 radical (unpaired) electrons. The third kappa shape index (κ3) is 3.85. The van der Waals surface area contributed by atoms with Crippen molar-refractivity contribution in [2.24, 2.45) is 0 Å². The predicted molar refractivity (Wildman–Crippen MR) is 69.2 cm³/mol. The lowest BCUT2D eigenvalue weighted by atomic mass is 10.3. The SMILES string of the molecule is COCCc1noc(C(C)NC(=O)c2ccn(C(F)F)n2)n1. The van der Waals surface area contributed by atoms with Gasteiger partial charge in [-0.2, -0.15) is 18.9 Å². The third-order valence-electron chi connectivity index (χ3n) is 2.77. The van der Waals surface area contributed by atoms with E-state index in [-0.39, 0.29) is 11.6 Å². The van der Waals surface area contributed by atoms with Gasteiger partial charge in [-0.25, -0.2) is 4.68 Å². The standard InChI is InChI=1S/C12H15F2N5O3/c1-7(11-16-9(18-22-11)4-6-21-2)15-10(20)8-3-5-19(17-8)12(13)14/h3,5,7,12H,4,6H2,1-2H3,(H,15,20). The molecule has 1 N–H and O–H groups in total. The summed E-state index contributed by atoms with van der Waals surface area (Å²) in [5.41, 5.74) is -0.119. The van der Waals surface area contributed by atoms with E-state index in [0.717, 1.165) is 6.20 Å². The number of rotatable bonds is 7. The second kappa shape index (κ2) is 7.07. The lowest BCUT2D eigenvalue weighted by Crippen LogP contribution is -2.27. The highest BCUT2D eigenvalue weighted by Gasteiger charge is 2.19. The first-order valence-corrected chi connectivity index (χ1v) is 6.47. The molecule has 1 atom stereocenters. The molecule has 0 bridgehead atoms. The monoisotopic (exact) mass is 315 g/mol. The van der Waals surface area contributed by atoms with Crippen LogP contribution < -0.4 is 5.32 Å². The average molecular weight is 315 g/mol. The van der Waals surface area contributed by atoms with Gasteiger partial charge in [0.1, 0.15) is 11.7 Å². The molecule has 0 aromatic carbocycles. The van der Waals surface area contributed by atoms with Crippen molar-refractivity contribution in [3.63, 3.8) is 0 Å². The Hall–Kier alpha value is -2.36. The molecule has 0 saturated carbocycles. The second-order valence-electron chi connectivity index (χ2n) is 4.45. The lowest BCUT2D eigenvalue weighted by Gasteiger charge is -2.07. The number of amides is 1. The average Bonchev–Trinajstić information content (AvgIpc) is 3.14. The number of methoxy groups -OCH3 is 1. The van der Waals surface area contributed by atoms with Crippen LogP contribution in [0.1, 0.15) is 41.7 Å². The van der Waals surface area contributed by atoms with Gasteiger partial charge < -0.3 is 14.6 Å². The van der Waals surface area contributed by atoms with Gasteiger partial charge in [0, 0.05) is 19.7 Å². The van der Waals surface area contributed by atoms with Gasteiger partial charge in [0.25, 0.3) is 5.91 Å². The van der Waals surface area contributed by atoms with Crippen LogP contribution >= 0.6 is 0 Å². The van der Waals surface area contributed by atoms with E-state index >= 15 is 0 Å². The number of aromatic nitrogens is 4. The first-order valence-electron chi connectivity index (χ1n) is 6.47. The van der Waals surface area contributed by atoms with Crippen LogP contribution in [0.15, 0.2) is 16.8 Å². The van der Waals surface area contributed by atoms with E-state index in [2.05, 4.69) is 20.6 Å². The molecule has 0 saturated heterocycles.